The Balaban J connectivity index is 2.04. The van der Waals surface area contributed by atoms with Gasteiger partial charge in [0.15, 0.2) is 0 Å². The van der Waals surface area contributed by atoms with Gasteiger partial charge in [0.05, 0.1) is 5.25 Å². The van der Waals surface area contributed by atoms with E-state index in [9.17, 15) is 8.42 Å². The molecule has 1 aromatic carbocycles. The van der Waals surface area contributed by atoms with E-state index in [0.29, 0.717) is 0 Å². The molecule has 0 radical (unpaired) electrons. The van der Waals surface area contributed by atoms with Gasteiger partial charge < -0.3 is 0 Å². The standard InChI is InChI=1S/C14H20BrNO2S/c1-11(12-7-9-13(15)10-8-12)16-19(17,18)14-5-3-2-4-6-14/h7-11,14,16H,2-6H2,1H3. The number of hydrogen-bond acceptors (Lipinski definition) is 2. The average molecular weight is 346 g/mol. The SMILES string of the molecule is CC(NS(=O)(=O)C1CCCCC1)c1ccc(Br)cc1. The van der Waals surface area contributed by atoms with Crippen LogP contribution in [0.2, 0.25) is 0 Å². The van der Waals surface area contributed by atoms with Crippen molar-refractivity contribution in [1.82, 2.24) is 4.72 Å². The van der Waals surface area contributed by atoms with E-state index < -0.39 is 10.0 Å². The van der Waals surface area contributed by atoms with Crippen molar-refractivity contribution >= 4 is 26.0 Å². The van der Waals surface area contributed by atoms with Crippen LogP contribution < -0.4 is 4.72 Å². The van der Waals surface area contributed by atoms with Crippen LogP contribution in [0.4, 0.5) is 0 Å². The van der Waals surface area contributed by atoms with Crippen LogP contribution in [0, 0.1) is 0 Å². The average Bonchev–Trinajstić information content (AvgIpc) is 2.40. The van der Waals surface area contributed by atoms with Gasteiger partial charge in [-0.15, -0.1) is 0 Å². The molecular weight excluding hydrogens is 326 g/mol. The van der Waals surface area contributed by atoms with Gasteiger partial charge in [-0.3, -0.25) is 0 Å². The Labute approximate surface area is 124 Å². The lowest BCUT2D eigenvalue weighted by Crippen LogP contribution is -2.37. The summed E-state index contributed by atoms with van der Waals surface area (Å²) in [5, 5.41) is -0.209. The van der Waals surface area contributed by atoms with Crippen LogP contribution in [-0.4, -0.2) is 13.7 Å². The van der Waals surface area contributed by atoms with E-state index >= 15 is 0 Å². The van der Waals surface area contributed by atoms with E-state index in [2.05, 4.69) is 20.7 Å². The van der Waals surface area contributed by atoms with Gasteiger partial charge in [0.25, 0.3) is 0 Å². The zero-order valence-corrected chi connectivity index (χ0v) is 13.5. The number of hydrogen-bond donors (Lipinski definition) is 1. The van der Waals surface area contributed by atoms with Crippen molar-refractivity contribution in [2.24, 2.45) is 0 Å². The fourth-order valence-electron chi connectivity index (χ4n) is 2.54. The monoisotopic (exact) mass is 345 g/mol. The molecule has 0 saturated heterocycles. The molecule has 1 aliphatic rings. The number of sulfonamides is 1. The minimum Gasteiger partial charge on any atom is -0.212 e. The number of nitrogens with one attached hydrogen (secondary N) is 1. The van der Waals surface area contributed by atoms with Crippen molar-refractivity contribution < 1.29 is 8.42 Å². The first-order chi connectivity index (χ1) is 8.99. The summed E-state index contributed by atoms with van der Waals surface area (Å²) in [6.07, 6.45) is 4.80. The molecule has 1 N–H and O–H groups in total. The molecule has 0 amide bonds. The van der Waals surface area contributed by atoms with Crippen LogP contribution in [-0.2, 0) is 10.0 Å². The molecule has 1 aromatic rings. The first-order valence-electron chi connectivity index (χ1n) is 6.75. The molecule has 1 atom stereocenters. The zero-order valence-electron chi connectivity index (χ0n) is 11.1. The molecule has 0 bridgehead atoms. The summed E-state index contributed by atoms with van der Waals surface area (Å²) in [5.74, 6) is 0. The second-order valence-electron chi connectivity index (χ2n) is 5.20. The fourth-order valence-corrected chi connectivity index (χ4v) is 4.58. The Morgan fingerprint density at radius 1 is 1.16 bits per heavy atom. The van der Waals surface area contributed by atoms with Gasteiger partial charge in [-0.05, 0) is 37.5 Å². The van der Waals surface area contributed by atoms with Crippen LogP contribution in [0.15, 0.2) is 28.7 Å². The minimum absolute atomic E-state index is 0.181. The lowest BCUT2D eigenvalue weighted by Gasteiger charge is -2.24. The Bertz CT molecular complexity index is 507. The van der Waals surface area contributed by atoms with Crippen molar-refractivity contribution in [3.8, 4) is 0 Å². The molecular formula is C14H20BrNO2S. The molecule has 2 rings (SSSR count). The molecule has 0 heterocycles. The third-order valence-corrected chi connectivity index (χ3v) is 6.26. The molecule has 0 spiro atoms. The van der Waals surface area contributed by atoms with Crippen molar-refractivity contribution in [3.63, 3.8) is 0 Å². The van der Waals surface area contributed by atoms with Crippen LogP contribution >= 0.6 is 15.9 Å². The largest absolute Gasteiger partial charge is 0.215 e. The van der Waals surface area contributed by atoms with E-state index in [1.165, 1.54) is 0 Å². The highest BCUT2D eigenvalue weighted by atomic mass is 79.9. The molecule has 0 aromatic heterocycles. The Morgan fingerprint density at radius 3 is 2.32 bits per heavy atom. The predicted molar refractivity (Wildman–Crippen MR) is 81.5 cm³/mol. The molecule has 1 saturated carbocycles. The van der Waals surface area contributed by atoms with E-state index in [1.807, 2.05) is 31.2 Å². The van der Waals surface area contributed by atoms with Gasteiger partial charge in [-0.2, -0.15) is 0 Å². The first-order valence-corrected chi connectivity index (χ1v) is 9.09. The zero-order chi connectivity index (χ0) is 13.9. The molecule has 19 heavy (non-hydrogen) atoms. The molecule has 106 valence electrons. The minimum atomic E-state index is -3.20. The second-order valence-corrected chi connectivity index (χ2v) is 8.10. The van der Waals surface area contributed by atoms with Gasteiger partial charge in [0.1, 0.15) is 0 Å². The number of benzene rings is 1. The summed E-state index contributed by atoms with van der Waals surface area (Å²) in [4.78, 5) is 0. The third-order valence-electron chi connectivity index (χ3n) is 3.70. The van der Waals surface area contributed by atoms with Gasteiger partial charge >= 0.3 is 0 Å². The Hall–Kier alpha value is -0.390. The summed E-state index contributed by atoms with van der Waals surface area (Å²) in [7, 11) is -3.20. The van der Waals surface area contributed by atoms with Crippen molar-refractivity contribution in [2.45, 2.75) is 50.3 Å². The summed E-state index contributed by atoms with van der Waals surface area (Å²) >= 11 is 3.38. The molecule has 1 fully saturated rings. The summed E-state index contributed by atoms with van der Waals surface area (Å²) < 4.78 is 28.4. The molecule has 1 unspecified atom stereocenters. The Kier molecular flexibility index (Phi) is 5.03. The van der Waals surface area contributed by atoms with Crippen LogP contribution in [0.5, 0.6) is 0 Å². The molecule has 0 aliphatic heterocycles. The van der Waals surface area contributed by atoms with Gasteiger partial charge in [-0.1, -0.05) is 47.3 Å². The van der Waals surface area contributed by atoms with E-state index in [-0.39, 0.29) is 11.3 Å². The van der Waals surface area contributed by atoms with Crippen molar-refractivity contribution in [2.75, 3.05) is 0 Å². The number of halogens is 1. The maximum Gasteiger partial charge on any atom is 0.215 e. The normalized spacial score (nSPS) is 19.3. The van der Waals surface area contributed by atoms with E-state index in [1.54, 1.807) is 0 Å². The lowest BCUT2D eigenvalue weighted by molar-refractivity contribution is 0.473. The van der Waals surface area contributed by atoms with Gasteiger partial charge in [0.2, 0.25) is 10.0 Å². The Morgan fingerprint density at radius 2 is 1.74 bits per heavy atom. The van der Waals surface area contributed by atoms with Crippen LogP contribution in [0.1, 0.15) is 50.6 Å². The predicted octanol–water partition coefficient (Wildman–Crippen LogP) is 3.76. The second kappa shape index (κ2) is 6.37. The quantitative estimate of drug-likeness (QED) is 0.902. The van der Waals surface area contributed by atoms with Crippen LogP contribution in [0.3, 0.4) is 0 Å². The highest BCUT2D eigenvalue weighted by molar-refractivity contribution is 9.10. The maximum absolute atomic E-state index is 12.3. The van der Waals surface area contributed by atoms with E-state index in [0.717, 1.165) is 42.1 Å². The van der Waals surface area contributed by atoms with Gasteiger partial charge in [0, 0.05) is 10.5 Å². The van der Waals surface area contributed by atoms with Gasteiger partial charge in [-0.25, -0.2) is 13.1 Å². The van der Waals surface area contributed by atoms with E-state index in [4.69, 9.17) is 0 Å². The first kappa shape index (κ1) is 15.0. The summed E-state index contributed by atoms with van der Waals surface area (Å²) in [5.41, 5.74) is 0.989. The van der Waals surface area contributed by atoms with Crippen molar-refractivity contribution in [1.29, 1.82) is 0 Å². The third kappa shape index (κ3) is 4.04. The smallest absolute Gasteiger partial charge is 0.212 e. The summed E-state index contributed by atoms with van der Waals surface area (Å²) in [6.45, 7) is 1.89. The maximum atomic E-state index is 12.3. The molecule has 1 aliphatic carbocycles. The highest BCUT2D eigenvalue weighted by Gasteiger charge is 2.28. The lowest BCUT2D eigenvalue weighted by atomic mass is 10.0. The van der Waals surface area contributed by atoms with Crippen molar-refractivity contribution in [3.05, 3.63) is 34.3 Å². The van der Waals surface area contributed by atoms with Crippen LogP contribution in [0.25, 0.3) is 0 Å². The highest BCUT2D eigenvalue weighted by Crippen LogP contribution is 2.25. The summed E-state index contributed by atoms with van der Waals surface area (Å²) in [6, 6.07) is 7.57. The fraction of sp³-hybridized carbons (Fsp3) is 0.571. The topological polar surface area (TPSA) is 46.2 Å². The molecule has 3 nitrogen and oxygen atoms in total. The number of rotatable bonds is 4. The molecule has 5 heteroatoms.